The van der Waals surface area contributed by atoms with Gasteiger partial charge in [0.2, 0.25) is 5.91 Å². The average molecular weight is 539 g/mol. The van der Waals surface area contributed by atoms with Gasteiger partial charge in [-0.05, 0) is 58.5 Å². The van der Waals surface area contributed by atoms with Crippen LogP contribution in [0, 0.1) is 11.6 Å². The molecule has 0 heterocycles. The lowest BCUT2D eigenvalue weighted by atomic mass is 9.79. The Morgan fingerprint density at radius 1 is 0.821 bits per heavy atom. The van der Waals surface area contributed by atoms with Crippen LogP contribution < -0.4 is 21.6 Å². The number of carbonyl (C=O) groups excluding carboxylic acids is 3. The van der Waals surface area contributed by atoms with E-state index < -0.39 is 43.6 Å². The summed E-state index contributed by atoms with van der Waals surface area (Å²) < 4.78 is 27.8. The van der Waals surface area contributed by atoms with Gasteiger partial charge in [-0.25, -0.2) is 8.78 Å². The third-order valence-corrected chi connectivity index (χ3v) is 5.66. The maximum absolute atomic E-state index is 14.0. The molecule has 3 rings (SSSR count). The van der Waals surface area contributed by atoms with E-state index >= 15 is 0 Å². The number of hydrogen-bond donors (Lipinski definition) is 6. The molecule has 3 aromatic rings. The molecular weight excluding hydrogens is 514 g/mol. The molecule has 202 valence electrons. The quantitative estimate of drug-likeness (QED) is 0.174. The Morgan fingerprint density at radius 3 is 1.97 bits per heavy atom. The third kappa shape index (κ3) is 8.19. The molecule has 39 heavy (non-hydrogen) atoms. The summed E-state index contributed by atoms with van der Waals surface area (Å²) in [5, 5.41) is 42.3. The highest BCUT2D eigenvalue weighted by Gasteiger charge is 2.23. The van der Waals surface area contributed by atoms with Crippen molar-refractivity contribution in [2.75, 3.05) is 13.6 Å². The van der Waals surface area contributed by atoms with E-state index in [1.165, 1.54) is 7.05 Å². The lowest BCUT2D eigenvalue weighted by molar-refractivity contribution is -0.121. The molecule has 6 N–H and O–H groups in total. The van der Waals surface area contributed by atoms with Crippen molar-refractivity contribution in [1.82, 2.24) is 15.5 Å². The lowest BCUT2D eigenvalue weighted by Crippen LogP contribution is -2.40. The van der Waals surface area contributed by atoms with Crippen LogP contribution in [0.15, 0.2) is 60.7 Å². The Balaban J connectivity index is 1.78. The second kappa shape index (κ2) is 13.1. The zero-order valence-electron chi connectivity index (χ0n) is 20.8. The van der Waals surface area contributed by atoms with Crippen molar-refractivity contribution in [3.8, 4) is 0 Å². The Kier molecular flexibility index (Phi) is 9.90. The number of benzene rings is 3. The fraction of sp³-hybridized carbons (Fsp3) is 0.160. The highest BCUT2D eigenvalue weighted by Crippen LogP contribution is 2.13. The molecule has 0 radical (unpaired) electrons. The van der Waals surface area contributed by atoms with Gasteiger partial charge in [0.15, 0.2) is 0 Å². The average Bonchev–Trinajstić information content (AvgIpc) is 2.90. The van der Waals surface area contributed by atoms with Gasteiger partial charge in [0.1, 0.15) is 18.2 Å². The smallest absolute Gasteiger partial charge is 0.423 e. The van der Waals surface area contributed by atoms with Gasteiger partial charge < -0.3 is 35.6 Å². The number of amides is 3. The van der Waals surface area contributed by atoms with E-state index in [4.69, 9.17) is 0 Å². The molecule has 3 aromatic carbocycles. The molecule has 0 saturated carbocycles. The van der Waals surface area contributed by atoms with Gasteiger partial charge in [0, 0.05) is 31.3 Å². The molecule has 10 nitrogen and oxygen atoms in total. The standard InChI is InChI=1S/C25H25B2F2N3O7/c1-30-23(33)14-32(25(35)18-7-20(27(38)39)11-22(29)9-18)13-16-4-2-3-15(5-16)12-31-24(34)17-6-19(26(36)37)10-21(28)8-17/h2-11,36-39H,12-14H2,1H3,(H,30,33)(H,31,34). The van der Waals surface area contributed by atoms with Crippen molar-refractivity contribution >= 4 is 42.9 Å². The van der Waals surface area contributed by atoms with Crippen molar-refractivity contribution in [2.45, 2.75) is 13.1 Å². The Hall–Kier alpha value is -4.10. The van der Waals surface area contributed by atoms with Crippen LogP contribution in [-0.4, -0.2) is 70.5 Å². The minimum atomic E-state index is -2.00. The first-order valence-electron chi connectivity index (χ1n) is 11.7. The summed E-state index contributed by atoms with van der Waals surface area (Å²) in [5.41, 5.74) is 0.460. The van der Waals surface area contributed by atoms with Gasteiger partial charge in [0.25, 0.3) is 11.8 Å². The number of nitrogens with one attached hydrogen (secondary N) is 2. The van der Waals surface area contributed by atoms with Crippen LogP contribution in [0.2, 0.25) is 0 Å². The van der Waals surface area contributed by atoms with Crippen LogP contribution in [0.5, 0.6) is 0 Å². The van der Waals surface area contributed by atoms with E-state index in [1.54, 1.807) is 24.3 Å². The fourth-order valence-electron chi connectivity index (χ4n) is 3.75. The predicted octanol–water partition coefficient (Wildman–Crippen LogP) is -1.36. The van der Waals surface area contributed by atoms with Crippen molar-refractivity contribution in [3.63, 3.8) is 0 Å². The van der Waals surface area contributed by atoms with Gasteiger partial charge >= 0.3 is 14.2 Å². The zero-order chi connectivity index (χ0) is 28.7. The lowest BCUT2D eigenvalue weighted by Gasteiger charge is -2.23. The van der Waals surface area contributed by atoms with Crippen LogP contribution in [0.25, 0.3) is 0 Å². The van der Waals surface area contributed by atoms with Gasteiger partial charge in [-0.2, -0.15) is 0 Å². The maximum Gasteiger partial charge on any atom is 0.488 e. The Morgan fingerprint density at radius 2 is 1.38 bits per heavy atom. The number of likely N-dealkylation sites (N-methyl/N-ethyl adjacent to an activating group) is 1. The van der Waals surface area contributed by atoms with E-state index in [1.807, 2.05) is 0 Å². The summed E-state index contributed by atoms with van der Waals surface area (Å²) in [6.07, 6.45) is 0. The predicted molar refractivity (Wildman–Crippen MR) is 139 cm³/mol. The van der Waals surface area contributed by atoms with Crippen LogP contribution in [-0.2, 0) is 17.9 Å². The molecule has 0 aliphatic heterocycles. The summed E-state index contributed by atoms with van der Waals surface area (Å²) in [6.45, 7) is -0.448. The summed E-state index contributed by atoms with van der Waals surface area (Å²) >= 11 is 0. The van der Waals surface area contributed by atoms with E-state index in [2.05, 4.69) is 10.6 Å². The molecule has 0 bridgehead atoms. The monoisotopic (exact) mass is 539 g/mol. The first-order valence-corrected chi connectivity index (χ1v) is 11.7. The first kappa shape index (κ1) is 29.5. The summed E-state index contributed by atoms with van der Waals surface area (Å²) in [7, 11) is -2.56. The summed E-state index contributed by atoms with van der Waals surface area (Å²) in [5.74, 6) is -3.56. The van der Waals surface area contributed by atoms with Gasteiger partial charge in [0.05, 0.1) is 0 Å². The van der Waals surface area contributed by atoms with Crippen LogP contribution in [0.3, 0.4) is 0 Å². The van der Waals surface area contributed by atoms with Crippen LogP contribution in [0.4, 0.5) is 8.78 Å². The van der Waals surface area contributed by atoms with E-state index in [0.717, 1.165) is 41.3 Å². The minimum absolute atomic E-state index is 0.00519. The number of rotatable bonds is 10. The highest BCUT2D eigenvalue weighted by molar-refractivity contribution is 6.59. The molecule has 0 unspecified atom stereocenters. The molecule has 3 amide bonds. The molecule has 0 atom stereocenters. The van der Waals surface area contributed by atoms with Crippen LogP contribution in [0.1, 0.15) is 31.8 Å². The van der Waals surface area contributed by atoms with Gasteiger partial charge in [-0.15, -0.1) is 0 Å². The van der Waals surface area contributed by atoms with Crippen LogP contribution >= 0.6 is 0 Å². The third-order valence-electron chi connectivity index (χ3n) is 5.66. The molecule has 0 aromatic heterocycles. The number of carbonyl (C=O) groups is 3. The number of halogens is 2. The van der Waals surface area contributed by atoms with E-state index in [0.29, 0.717) is 11.1 Å². The first-order chi connectivity index (χ1) is 18.5. The maximum atomic E-state index is 14.0. The van der Waals surface area contributed by atoms with Crippen molar-refractivity contribution < 1.29 is 43.3 Å². The van der Waals surface area contributed by atoms with Gasteiger partial charge in [-0.1, -0.05) is 24.3 Å². The molecule has 0 aliphatic carbocycles. The normalized spacial score (nSPS) is 10.5. The van der Waals surface area contributed by atoms with E-state index in [-0.39, 0.29) is 41.7 Å². The molecule has 14 heteroatoms. The van der Waals surface area contributed by atoms with Crippen molar-refractivity contribution in [2.24, 2.45) is 0 Å². The topological polar surface area (TPSA) is 159 Å². The van der Waals surface area contributed by atoms with E-state index in [9.17, 15) is 43.3 Å². The minimum Gasteiger partial charge on any atom is -0.423 e. The Labute approximate surface area is 223 Å². The summed E-state index contributed by atoms with van der Waals surface area (Å²) in [4.78, 5) is 38.9. The molecule has 0 fully saturated rings. The molecular formula is C25H25B2F2N3O7. The molecule has 0 aliphatic rings. The summed E-state index contributed by atoms with van der Waals surface area (Å²) in [6, 6.07) is 12.6. The second-order valence-corrected chi connectivity index (χ2v) is 8.63. The second-order valence-electron chi connectivity index (χ2n) is 8.63. The SMILES string of the molecule is CNC(=O)CN(Cc1cccc(CNC(=O)c2cc(F)cc(B(O)O)c2)c1)C(=O)c1cc(F)cc(B(O)O)c1. The van der Waals surface area contributed by atoms with Gasteiger partial charge in [-0.3, -0.25) is 14.4 Å². The highest BCUT2D eigenvalue weighted by atomic mass is 19.1. The fourth-order valence-corrected chi connectivity index (χ4v) is 3.75. The molecule has 0 saturated heterocycles. The Bertz CT molecular complexity index is 1380. The van der Waals surface area contributed by atoms with Crippen molar-refractivity contribution in [1.29, 1.82) is 0 Å². The molecule has 0 spiro atoms. The number of nitrogens with zero attached hydrogens (tertiary/aromatic N) is 1. The largest absolute Gasteiger partial charge is 0.488 e. The zero-order valence-corrected chi connectivity index (χ0v) is 20.8. The van der Waals surface area contributed by atoms with Crippen molar-refractivity contribution in [3.05, 3.63) is 94.6 Å². The number of hydrogen-bond acceptors (Lipinski definition) is 7.